The van der Waals surface area contributed by atoms with E-state index in [1.165, 1.54) is 6.92 Å². The number of carbonyl (C=O) groups is 1. The first kappa shape index (κ1) is 16.3. The highest BCUT2D eigenvalue weighted by Crippen LogP contribution is 2.61. The number of hydrogen-bond acceptors (Lipinski definition) is 3. The van der Waals surface area contributed by atoms with Crippen molar-refractivity contribution in [2.45, 2.75) is 64.3 Å². The number of aliphatic hydroxyl groups is 1. The molecule has 0 heterocycles. The summed E-state index contributed by atoms with van der Waals surface area (Å²) in [5.74, 6) is 0.359. The van der Waals surface area contributed by atoms with Crippen LogP contribution in [0, 0.1) is 22.7 Å². The highest BCUT2D eigenvalue weighted by molar-refractivity contribution is 9.09. The first-order valence-electron chi connectivity index (χ1n) is 7.65. The summed E-state index contributed by atoms with van der Waals surface area (Å²) >= 11 is 3.85. The minimum atomic E-state index is -0.349. The Kier molecular flexibility index (Phi) is 4.56. The SMILES string of the molecule is CC(=O)OCC1C(O)CCC2C(C)(C)C(Br)CCC12C. The second-order valence-electron chi connectivity index (χ2n) is 7.44. The Morgan fingerprint density at radius 2 is 1.95 bits per heavy atom. The van der Waals surface area contributed by atoms with Crippen LogP contribution in [0.15, 0.2) is 0 Å². The predicted molar refractivity (Wildman–Crippen MR) is 82.7 cm³/mol. The number of rotatable bonds is 2. The zero-order chi connectivity index (χ0) is 15.1. The van der Waals surface area contributed by atoms with E-state index < -0.39 is 0 Å². The fourth-order valence-corrected chi connectivity index (χ4v) is 5.23. The maximum absolute atomic E-state index is 11.1. The van der Waals surface area contributed by atoms with Crippen molar-refractivity contribution in [3.63, 3.8) is 0 Å². The molecule has 0 saturated heterocycles. The maximum atomic E-state index is 11.1. The number of esters is 1. The molecule has 1 N–H and O–H groups in total. The lowest BCUT2D eigenvalue weighted by Crippen LogP contribution is -2.57. The number of alkyl halides is 1. The van der Waals surface area contributed by atoms with Crippen LogP contribution in [0.25, 0.3) is 0 Å². The largest absolute Gasteiger partial charge is 0.465 e. The van der Waals surface area contributed by atoms with Crippen molar-refractivity contribution in [1.82, 2.24) is 0 Å². The van der Waals surface area contributed by atoms with Crippen LogP contribution in [0.5, 0.6) is 0 Å². The Balaban J connectivity index is 2.25. The van der Waals surface area contributed by atoms with Crippen LogP contribution in [0.3, 0.4) is 0 Å². The average molecular weight is 347 g/mol. The van der Waals surface area contributed by atoms with E-state index in [4.69, 9.17) is 4.74 Å². The van der Waals surface area contributed by atoms with Gasteiger partial charge in [0.05, 0.1) is 12.7 Å². The number of aliphatic hydroxyl groups excluding tert-OH is 1. The summed E-state index contributed by atoms with van der Waals surface area (Å²) in [4.78, 5) is 11.7. The van der Waals surface area contributed by atoms with Gasteiger partial charge in [-0.15, -0.1) is 0 Å². The van der Waals surface area contributed by atoms with Gasteiger partial charge in [0.15, 0.2) is 0 Å². The first-order valence-corrected chi connectivity index (χ1v) is 8.56. The zero-order valence-electron chi connectivity index (χ0n) is 13.0. The summed E-state index contributed by atoms with van der Waals surface area (Å²) in [7, 11) is 0. The van der Waals surface area contributed by atoms with E-state index in [0.29, 0.717) is 17.4 Å². The van der Waals surface area contributed by atoms with E-state index in [2.05, 4.69) is 36.7 Å². The van der Waals surface area contributed by atoms with Crippen LogP contribution in [-0.4, -0.2) is 28.6 Å². The quantitative estimate of drug-likeness (QED) is 0.614. The topological polar surface area (TPSA) is 46.5 Å². The maximum Gasteiger partial charge on any atom is 0.302 e. The molecule has 0 aromatic rings. The molecule has 116 valence electrons. The molecule has 0 aromatic heterocycles. The van der Waals surface area contributed by atoms with E-state index in [1.807, 2.05) is 0 Å². The number of ether oxygens (including phenoxy) is 1. The van der Waals surface area contributed by atoms with E-state index in [-0.39, 0.29) is 28.8 Å². The average Bonchev–Trinajstić information content (AvgIpc) is 2.33. The van der Waals surface area contributed by atoms with Crippen molar-refractivity contribution >= 4 is 21.9 Å². The molecule has 2 rings (SSSR count). The summed E-state index contributed by atoms with van der Waals surface area (Å²) in [6, 6.07) is 0. The fourth-order valence-electron chi connectivity index (χ4n) is 4.68. The van der Waals surface area contributed by atoms with Gasteiger partial charge in [0.25, 0.3) is 0 Å². The molecule has 0 aromatic carbocycles. The lowest BCUT2D eigenvalue weighted by molar-refractivity contribution is -0.160. The van der Waals surface area contributed by atoms with Crippen molar-refractivity contribution in [1.29, 1.82) is 0 Å². The standard InChI is InChI=1S/C16H27BrO3/c1-10(18)20-9-11-12(19)5-6-13-15(2,3)14(17)7-8-16(11,13)4/h11-14,19H,5-9H2,1-4H3. The van der Waals surface area contributed by atoms with Gasteiger partial charge in [-0.05, 0) is 42.4 Å². The molecule has 2 saturated carbocycles. The number of hydrogen-bond donors (Lipinski definition) is 1. The minimum Gasteiger partial charge on any atom is -0.465 e. The third-order valence-electron chi connectivity index (χ3n) is 5.97. The molecule has 20 heavy (non-hydrogen) atoms. The highest BCUT2D eigenvalue weighted by Gasteiger charge is 2.57. The van der Waals surface area contributed by atoms with Gasteiger partial charge in [0.1, 0.15) is 0 Å². The Morgan fingerprint density at radius 3 is 2.55 bits per heavy atom. The molecule has 0 radical (unpaired) electrons. The monoisotopic (exact) mass is 346 g/mol. The lowest BCUT2D eigenvalue weighted by atomic mass is 9.48. The molecule has 4 heteroatoms. The van der Waals surface area contributed by atoms with E-state index in [0.717, 1.165) is 25.7 Å². The predicted octanol–water partition coefficient (Wildman–Crippen LogP) is 3.53. The third kappa shape index (κ3) is 2.66. The number of fused-ring (bicyclic) bond motifs is 1. The van der Waals surface area contributed by atoms with Gasteiger partial charge < -0.3 is 9.84 Å². The van der Waals surface area contributed by atoms with Crippen LogP contribution in [0.1, 0.15) is 53.4 Å². The molecule has 2 fully saturated rings. The van der Waals surface area contributed by atoms with Gasteiger partial charge in [-0.25, -0.2) is 0 Å². The smallest absolute Gasteiger partial charge is 0.302 e. The zero-order valence-corrected chi connectivity index (χ0v) is 14.6. The van der Waals surface area contributed by atoms with Crippen molar-refractivity contribution in [3.8, 4) is 0 Å². The fraction of sp³-hybridized carbons (Fsp3) is 0.938. The van der Waals surface area contributed by atoms with E-state index in [9.17, 15) is 9.90 Å². The molecule has 5 unspecified atom stereocenters. The number of carbonyl (C=O) groups excluding carboxylic acids is 1. The van der Waals surface area contributed by atoms with Gasteiger partial charge in [0, 0.05) is 17.7 Å². The van der Waals surface area contributed by atoms with Crippen molar-refractivity contribution in [2.24, 2.45) is 22.7 Å². The molecule has 0 amide bonds. The Bertz CT molecular complexity index is 382. The van der Waals surface area contributed by atoms with Crippen molar-refractivity contribution in [2.75, 3.05) is 6.61 Å². The molecule has 2 aliphatic rings. The van der Waals surface area contributed by atoms with Gasteiger partial charge in [-0.2, -0.15) is 0 Å². The summed E-state index contributed by atoms with van der Waals surface area (Å²) in [6.45, 7) is 8.74. The molecular weight excluding hydrogens is 320 g/mol. The van der Waals surface area contributed by atoms with Crippen LogP contribution in [-0.2, 0) is 9.53 Å². The number of halogens is 1. The molecule has 0 bridgehead atoms. The van der Waals surface area contributed by atoms with Crippen LogP contribution in [0.2, 0.25) is 0 Å². The lowest BCUT2D eigenvalue weighted by Gasteiger charge is -2.59. The van der Waals surface area contributed by atoms with Gasteiger partial charge in [-0.3, -0.25) is 4.79 Å². The third-order valence-corrected chi connectivity index (χ3v) is 7.60. The molecule has 0 aliphatic heterocycles. The second-order valence-corrected chi connectivity index (χ2v) is 8.55. The normalized spacial score (nSPS) is 43.7. The van der Waals surface area contributed by atoms with E-state index >= 15 is 0 Å². The Morgan fingerprint density at radius 1 is 1.30 bits per heavy atom. The summed E-state index contributed by atoms with van der Waals surface area (Å²) in [5, 5.41) is 10.4. The molecular formula is C16H27BrO3. The Labute approximate surface area is 130 Å². The minimum absolute atomic E-state index is 0.0564. The Hall–Kier alpha value is -0.0900. The summed E-state index contributed by atoms with van der Waals surface area (Å²) < 4.78 is 5.25. The van der Waals surface area contributed by atoms with Crippen LogP contribution < -0.4 is 0 Å². The molecule has 3 nitrogen and oxygen atoms in total. The van der Waals surface area contributed by atoms with Gasteiger partial charge in [-0.1, -0.05) is 36.7 Å². The molecule has 5 atom stereocenters. The van der Waals surface area contributed by atoms with Crippen molar-refractivity contribution < 1.29 is 14.6 Å². The highest BCUT2D eigenvalue weighted by atomic mass is 79.9. The summed E-state index contributed by atoms with van der Waals surface area (Å²) in [5.41, 5.74) is 0.266. The van der Waals surface area contributed by atoms with Crippen molar-refractivity contribution in [3.05, 3.63) is 0 Å². The van der Waals surface area contributed by atoms with Crippen LogP contribution in [0.4, 0.5) is 0 Å². The van der Waals surface area contributed by atoms with Gasteiger partial charge >= 0.3 is 5.97 Å². The molecule has 2 aliphatic carbocycles. The summed E-state index contributed by atoms with van der Waals surface area (Å²) in [6.07, 6.45) is 3.72. The molecule has 0 spiro atoms. The van der Waals surface area contributed by atoms with E-state index in [1.54, 1.807) is 0 Å². The second kappa shape index (κ2) is 5.60. The van der Waals surface area contributed by atoms with Gasteiger partial charge in [0.2, 0.25) is 0 Å². The first-order chi connectivity index (χ1) is 9.19. The van der Waals surface area contributed by atoms with Crippen LogP contribution >= 0.6 is 15.9 Å².